The van der Waals surface area contributed by atoms with Gasteiger partial charge in [-0.3, -0.25) is 0 Å². The molecule has 0 aliphatic carbocycles. The Morgan fingerprint density at radius 2 is 2.00 bits per heavy atom. The van der Waals surface area contributed by atoms with Crippen LogP contribution in [0, 0.1) is 24.8 Å². The SMILES string of the molecule is [C-]#[N+]/C(=C(/C#N)c1cccs1)c1ccc(C)cc1. The lowest BCUT2D eigenvalue weighted by molar-refractivity contribution is 1.45. The number of rotatable bonds is 2. The fourth-order valence-electron chi connectivity index (χ4n) is 1.62. The Labute approximate surface area is 110 Å². The first-order chi connectivity index (χ1) is 8.76. The van der Waals surface area contributed by atoms with Gasteiger partial charge in [0.05, 0.1) is 18.2 Å². The predicted molar refractivity (Wildman–Crippen MR) is 74.5 cm³/mol. The van der Waals surface area contributed by atoms with Crippen LogP contribution in [0.3, 0.4) is 0 Å². The van der Waals surface area contributed by atoms with Crippen LogP contribution in [0.5, 0.6) is 0 Å². The number of hydrogen-bond acceptors (Lipinski definition) is 2. The van der Waals surface area contributed by atoms with Crippen molar-refractivity contribution in [3.63, 3.8) is 0 Å². The standard InChI is InChI=1S/C15H10N2S/c1-11-5-7-12(8-6-11)15(17-2)13(10-16)14-4-3-9-18-14/h3-9H,1H3/b15-13-. The Morgan fingerprint density at radius 1 is 1.28 bits per heavy atom. The van der Waals surface area contributed by atoms with E-state index in [0.717, 1.165) is 16.0 Å². The molecule has 0 unspecified atom stereocenters. The molecule has 2 nitrogen and oxygen atoms in total. The highest BCUT2D eigenvalue weighted by molar-refractivity contribution is 7.11. The molecule has 0 fully saturated rings. The molecule has 1 heterocycles. The van der Waals surface area contributed by atoms with Crippen LogP contribution in [0.4, 0.5) is 0 Å². The molecule has 1 aromatic heterocycles. The van der Waals surface area contributed by atoms with E-state index in [9.17, 15) is 5.26 Å². The normalized spacial score (nSPS) is 11.3. The Morgan fingerprint density at radius 3 is 2.50 bits per heavy atom. The van der Waals surface area contributed by atoms with E-state index in [1.165, 1.54) is 11.3 Å². The van der Waals surface area contributed by atoms with E-state index in [0.29, 0.717) is 11.3 Å². The van der Waals surface area contributed by atoms with Gasteiger partial charge in [-0.25, -0.2) is 4.85 Å². The van der Waals surface area contributed by atoms with Crippen molar-refractivity contribution in [2.24, 2.45) is 0 Å². The first-order valence-corrected chi connectivity index (χ1v) is 6.27. The third-order valence-electron chi connectivity index (χ3n) is 2.55. The van der Waals surface area contributed by atoms with E-state index in [4.69, 9.17) is 6.57 Å². The molecule has 2 rings (SSSR count). The third-order valence-corrected chi connectivity index (χ3v) is 3.44. The highest BCUT2D eigenvalue weighted by Crippen LogP contribution is 2.29. The fourth-order valence-corrected chi connectivity index (χ4v) is 2.34. The van der Waals surface area contributed by atoms with E-state index in [1.54, 1.807) is 0 Å². The molecular weight excluding hydrogens is 240 g/mol. The van der Waals surface area contributed by atoms with Crippen LogP contribution in [0.2, 0.25) is 0 Å². The molecular formula is C15H10N2S. The van der Waals surface area contributed by atoms with Crippen LogP contribution in [0.15, 0.2) is 41.8 Å². The number of aryl methyl sites for hydroxylation is 1. The third kappa shape index (κ3) is 2.32. The van der Waals surface area contributed by atoms with Crippen molar-refractivity contribution < 1.29 is 0 Å². The molecule has 86 valence electrons. The van der Waals surface area contributed by atoms with Gasteiger partial charge in [-0.2, -0.15) is 5.26 Å². The maximum Gasteiger partial charge on any atom is 0.213 e. The summed E-state index contributed by atoms with van der Waals surface area (Å²) in [5, 5.41) is 11.2. The van der Waals surface area contributed by atoms with Gasteiger partial charge in [-0.1, -0.05) is 35.9 Å². The smallest absolute Gasteiger partial charge is 0.213 e. The molecule has 0 aliphatic heterocycles. The maximum absolute atomic E-state index is 9.27. The second-order valence-corrected chi connectivity index (χ2v) is 4.74. The van der Waals surface area contributed by atoms with E-state index in [2.05, 4.69) is 10.9 Å². The molecule has 0 radical (unpaired) electrons. The van der Waals surface area contributed by atoms with Crippen LogP contribution in [-0.2, 0) is 0 Å². The number of nitriles is 1. The second-order valence-electron chi connectivity index (χ2n) is 3.79. The zero-order valence-electron chi connectivity index (χ0n) is 9.84. The lowest BCUT2D eigenvalue weighted by Gasteiger charge is -2.02. The highest BCUT2D eigenvalue weighted by Gasteiger charge is 2.12. The summed E-state index contributed by atoms with van der Waals surface area (Å²) in [5.41, 5.74) is 2.79. The van der Waals surface area contributed by atoms with Gasteiger partial charge < -0.3 is 0 Å². The van der Waals surface area contributed by atoms with Crippen LogP contribution in [0.25, 0.3) is 16.1 Å². The van der Waals surface area contributed by atoms with Gasteiger partial charge in [-0.05, 0) is 23.9 Å². The number of benzene rings is 1. The zero-order valence-corrected chi connectivity index (χ0v) is 10.7. The van der Waals surface area contributed by atoms with Crippen molar-refractivity contribution in [2.45, 2.75) is 6.92 Å². The van der Waals surface area contributed by atoms with Gasteiger partial charge in [0.15, 0.2) is 0 Å². The molecule has 0 saturated heterocycles. The molecule has 2 aromatic rings. The summed E-state index contributed by atoms with van der Waals surface area (Å²) in [6.45, 7) is 9.30. The summed E-state index contributed by atoms with van der Waals surface area (Å²) in [7, 11) is 0. The van der Waals surface area contributed by atoms with Crippen LogP contribution >= 0.6 is 11.3 Å². The number of nitrogens with zero attached hydrogens (tertiary/aromatic N) is 2. The van der Waals surface area contributed by atoms with Gasteiger partial charge in [0.25, 0.3) is 0 Å². The van der Waals surface area contributed by atoms with Crippen molar-refractivity contribution in [1.82, 2.24) is 0 Å². The molecule has 0 spiro atoms. The van der Waals surface area contributed by atoms with Crippen LogP contribution in [0.1, 0.15) is 16.0 Å². The van der Waals surface area contributed by atoms with Gasteiger partial charge in [-0.15, -0.1) is 11.3 Å². The van der Waals surface area contributed by atoms with Crippen LogP contribution in [-0.4, -0.2) is 0 Å². The number of hydrogen-bond donors (Lipinski definition) is 0. The molecule has 18 heavy (non-hydrogen) atoms. The molecule has 0 atom stereocenters. The predicted octanol–water partition coefficient (Wildman–Crippen LogP) is 4.37. The topological polar surface area (TPSA) is 28.1 Å². The highest BCUT2D eigenvalue weighted by atomic mass is 32.1. The van der Waals surface area contributed by atoms with E-state index in [1.807, 2.05) is 48.7 Å². The Bertz CT molecular complexity index is 650. The molecule has 0 aliphatic rings. The molecule has 0 amide bonds. The minimum atomic E-state index is 0.417. The average Bonchev–Trinajstić information content (AvgIpc) is 2.91. The number of thiophene rings is 1. The minimum absolute atomic E-state index is 0.417. The average molecular weight is 250 g/mol. The second kappa shape index (κ2) is 5.31. The summed E-state index contributed by atoms with van der Waals surface area (Å²) in [5.74, 6) is 0. The van der Waals surface area contributed by atoms with E-state index < -0.39 is 0 Å². The largest absolute Gasteiger partial charge is 0.236 e. The van der Waals surface area contributed by atoms with Crippen LogP contribution < -0.4 is 0 Å². The summed E-state index contributed by atoms with van der Waals surface area (Å²) >= 11 is 1.47. The van der Waals surface area contributed by atoms with Gasteiger partial charge in [0.1, 0.15) is 0 Å². The zero-order chi connectivity index (χ0) is 13.0. The van der Waals surface area contributed by atoms with Crippen molar-refractivity contribution in [1.29, 1.82) is 5.26 Å². The summed E-state index contributed by atoms with van der Waals surface area (Å²) in [6.07, 6.45) is 0. The lowest BCUT2D eigenvalue weighted by Crippen LogP contribution is -1.85. The molecule has 0 N–H and O–H groups in total. The van der Waals surface area contributed by atoms with E-state index in [-0.39, 0.29) is 0 Å². The van der Waals surface area contributed by atoms with E-state index >= 15 is 0 Å². The monoisotopic (exact) mass is 250 g/mol. The van der Waals surface area contributed by atoms with Crippen molar-refractivity contribution in [3.8, 4) is 6.07 Å². The van der Waals surface area contributed by atoms with Gasteiger partial charge in [0.2, 0.25) is 5.70 Å². The molecule has 3 heteroatoms. The lowest BCUT2D eigenvalue weighted by atomic mass is 10.0. The maximum atomic E-state index is 9.27. The quantitative estimate of drug-likeness (QED) is 0.574. The first kappa shape index (κ1) is 12.1. The summed E-state index contributed by atoms with van der Waals surface area (Å²) in [4.78, 5) is 4.37. The van der Waals surface area contributed by atoms with Gasteiger partial charge >= 0.3 is 0 Å². The molecule has 0 bridgehead atoms. The molecule has 1 aromatic carbocycles. The van der Waals surface area contributed by atoms with Crippen molar-refractivity contribution in [3.05, 3.63) is 69.2 Å². The summed E-state index contributed by atoms with van der Waals surface area (Å²) < 4.78 is 0. The van der Waals surface area contributed by atoms with Crippen molar-refractivity contribution >= 4 is 22.6 Å². The van der Waals surface area contributed by atoms with Crippen molar-refractivity contribution in [2.75, 3.05) is 0 Å². The molecule has 0 saturated carbocycles. The minimum Gasteiger partial charge on any atom is -0.236 e. The summed E-state index contributed by atoms with van der Waals surface area (Å²) in [6, 6.07) is 13.6. The first-order valence-electron chi connectivity index (χ1n) is 5.39. The Kier molecular flexibility index (Phi) is 3.57. The Hall–Kier alpha value is -2.36. The number of allylic oxidation sites excluding steroid dienone is 1. The fraction of sp³-hybridized carbons (Fsp3) is 0.0667. The Balaban J connectivity index is 2.60. The van der Waals surface area contributed by atoms with Gasteiger partial charge in [0, 0.05) is 4.88 Å².